The van der Waals surface area contributed by atoms with Gasteiger partial charge in [-0.3, -0.25) is 9.59 Å². The van der Waals surface area contributed by atoms with Crippen molar-refractivity contribution in [1.29, 1.82) is 0 Å². The summed E-state index contributed by atoms with van der Waals surface area (Å²) in [6.07, 6.45) is 0.478. The zero-order valence-electron chi connectivity index (χ0n) is 12.9. The Balaban J connectivity index is 1.97. The summed E-state index contributed by atoms with van der Waals surface area (Å²) in [7, 11) is 1.60. The average Bonchev–Trinajstić information content (AvgIpc) is 2.91. The number of aliphatic carboxylic acids is 1. The Morgan fingerprint density at radius 1 is 1.27 bits per heavy atom. The first-order valence-electron chi connectivity index (χ1n) is 7.21. The van der Waals surface area contributed by atoms with Gasteiger partial charge in [-0.2, -0.15) is 0 Å². The highest BCUT2D eigenvalue weighted by atomic mass is 16.5. The Morgan fingerprint density at radius 3 is 2.50 bits per heavy atom. The Labute approximate surface area is 129 Å². The minimum absolute atomic E-state index is 0.145. The number of carboxylic acid groups (broad SMARTS) is 1. The molecular weight excluding hydrogens is 286 g/mol. The van der Waals surface area contributed by atoms with Gasteiger partial charge < -0.3 is 19.5 Å². The molecule has 1 heterocycles. The van der Waals surface area contributed by atoms with E-state index in [-0.39, 0.29) is 12.5 Å². The number of methoxy groups -OCH3 is 1. The van der Waals surface area contributed by atoms with Crippen LogP contribution >= 0.6 is 0 Å². The predicted molar refractivity (Wildman–Crippen MR) is 80.1 cm³/mol. The number of hydrogen-bond donors (Lipinski definition) is 1. The number of carboxylic acids is 1. The molecule has 1 amide bonds. The number of nitrogens with zero attached hydrogens (tertiary/aromatic N) is 1. The van der Waals surface area contributed by atoms with E-state index in [0.717, 1.165) is 0 Å². The van der Waals surface area contributed by atoms with Gasteiger partial charge in [0.05, 0.1) is 12.0 Å². The molecule has 0 radical (unpaired) electrons. The lowest BCUT2D eigenvalue weighted by Crippen LogP contribution is -2.34. The Kier molecular flexibility index (Phi) is 5.03. The topological polar surface area (TPSA) is 76.1 Å². The Morgan fingerprint density at radius 2 is 1.95 bits per heavy atom. The molecule has 6 nitrogen and oxygen atoms in total. The molecule has 0 spiro atoms. The van der Waals surface area contributed by atoms with Gasteiger partial charge in [-0.25, -0.2) is 0 Å². The van der Waals surface area contributed by atoms with Crippen molar-refractivity contribution in [2.75, 3.05) is 33.4 Å². The molecule has 22 heavy (non-hydrogen) atoms. The predicted octanol–water partition coefficient (Wildman–Crippen LogP) is 1.65. The van der Waals surface area contributed by atoms with Crippen molar-refractivity contribution >= 4 is 11.9 Å². The molecule has 1 aliphatic rings. The summed E-state index contributed by atoms with van der Waals surface area (Å²) in [4.78, 5) is 25.2. The van der Waals surface area contributed by atoms with Gasteiger partial charge in [0.2, 0.25) is 0 Å². The van der Waals surface area contributed by atoms with Crippen molar-refractivity contribution in [2.24, 2.45) is 5.41 Å². The first-order valence-corrected chi connectivity index (χ1v) is 7.21. The molecule has 0 aliphatic carbocycles. The number of amides is 1. The molecule has 1 fully saturated rings. The summed E-state index contributed by atoms with van der Waals surface area (Å²) in [6, 6.07) is 6.85. The van der Waals surface area contributed by atoms with Crippen LogP contribution in [0.4, 0.5) is 0 Å². The normalized spacial score (nSPS) is 20.9. The van der Waals surface area contributed by atoms with Crippen LogP contribution in [-0.4, -0.2) is 55.3 Å². The molecule has 1 N–H and O–H groups in total. The molecule has 1 unspecified atom stereocenters. The summed E-state index contributed by atoms with van der Waals surface area (Å²) in [5.74, 6) is -0.330. The minimum atomic E-state index is -0.857. The third-order valence-corrected chi connectivity index (χ3v) is 3.93. The maximum absolute atomic E-state index is 12.4. The molecule has 120 valence electrons. The van der Waals surface area contributed by atoms with E-state index in [9.17, 15) is 14.7 Å². The van der Waals surface area contributed by atoms with E-state index in [1.165, 1.54) is 0 Å². The van der Waals surface area contributed by atoms with Gasteiger partial charge in [-0.1, -0.05) is 0 Å². The molecule has 0 saturated carbocycles. The lowest BCUT2D eigenvalue weighted by Gasteiger charge is -2.20. The fourth-order valence-corrected chi connectivity index (χ4v) is 2.43. The average molecular weight is 307 g/mol. The van der Waals surface area contributed by atoms with Crippen LogP contribution in [0.2, 0.25) is 0 Å². The van der Waals surface area contributed by atoms with Crippen molar-refractivity contribution in [2.45, 2.75) is 13.3 Å². The highest BCUT2D eigenvalue weighted by Crippen LogP contribution is 2.31. The molecule has 1 saturated heterocycles. The second kappa shape index (κ2) is 6.79. The van der Waals surface area contributed by atoms with E-state index in [4.69, 9.17) is 9.47 Å². The first kappa shape index (κ1) is 16.3. The lowest BCUT2D eigenvalue weighted by molar-refractivity contribution is -0.147. The molecule has 1 aliphatic heterocycles. The highest BCUT2D eigenvalue weighted by molar-refractivity contribution is 5.95. The van der Waals surface area contributed by atoms with Crippen LogP contribution in [0.3, 0.4) is 0 Å². The number of benzene rings is 1. The third kappa shape index (κ3) is 3.57. The smallest absolute Gasteiger partial charge is 0.311 e. The van der Waals surface area contributed by atoms with E-state index in [1.54, 1.807) is 43.2 Å². The second-order valence-electron chi connectivity index (χ2n) is 5.71. The molecule has 1 atom stereocenters. The molecule has 1 aromatic carbocycles. The number of rotatable bonds is 6. The van der Waals surface area contributed by atoms with Crippen LogP contribution < -0.4 is 4.74 Å². The van der Waals surface area contributed by atoms with Crippen molar-refractivity contribution < 1.29 is 24.2 Å². The van der Waals surface area contributed by atoms with Crippen LogP contribution in [0.5, 0.6) is 5.75 Å². The molecule has 2 rings (SSSR count). The summed E-state index contributed by atoms with van der Waals surface area (Å²) >= 11 is 0. The highest BCUT2D eigenvalue weighted by Gasteiger charge is 2.42. The van der Waals surface area contributed by atoms with Crippen LogP contribution in [-0.2, 0) is 9.53 Å². The zero-order valence-corrected chi connectivity index (χ0v) is 12.9. The third-order valence-electron chi connectivity index (χ3n) is 3.93. The fourth-order valence-electron chi connectivity index (χ4n) is 2.43. The Hall–Kier alpha value is -2.08. The van der Waals surface area contributed by atoms with E-state index in [0.29, 0.717) is 37.5 Å². The van der Waals surface area contributed by atoms with E-state index < -0.39 is 11.4 Å². The van der Waals surface area contributed by atoms with Gasteiger partial charge in [-0.05, 0) is 37.6 Å². The standard InChI is InChI=1S/C16H21NO5/c1-16(15(19)20)7-8-17(11-16)14(18)12-3-5-13(6-4-12)22-10-9-21-2/h3-6H,7-11H2,1-2H3,(H,19,20). The van der Waals surface area contributed by atoms with E-state index in [1.807, 2.05) is 0 Å². The monoisotopic (exact) mass is 307 g/mol. The van der Waals surface area contributed by atoms with Crippen molar-refractivity contribution in [3.05, 3.63) is 29.8 Å². The summed E-state index contributed by atoms with van der Waals surface area (Å²) < 4.78 is 10.3. The zero-order chi connectivity index (χ0) is 16.2. The molecule has 6 heteroatoms. The maximum atomic E-state index is 12.4. The van der Waals surface area contributed by atoms with Gasteiger partial charge in [0, 0.05) is 25.8 Å². The molecular formula is C16H21NO5. The number of carbonyl (C=O) groups is 2. The van der Waals surface area contributed by atoms with Gasteiger partial charge in [-0.15, -0.1) is 0 Å². The van der Waals surface area contributed by atoms with Gasteiger partial charge in [0.15, 0.2) is 0 Å². The number of ether oxygens (including phenoxy) is 2. The summed E-state index contributed by atoms with van der Waals surface area (Å²) in [6.45, 7) is 3.34. The van der Waals surface area contributed by atoms with E-state index >= 15 is 0 Å². The van der Waals surface area contributed by atoms with Crippen molar-refractivity contribution in [3.8, 4) is 5.75 Å². The quantitative estimate of drug-likeness (QED) is 0.809. The van der Waals surface area contributed by atoms with Crippen LogP contribution in [0.15, 0.2) is 24.3 Å². The van der Waals surface area contributed by atoms with Crippen LogP contribution in [0.25, 0.3) is 0 Å². The van der Waals surface area contributed by atoms with Crippen LogP contribution in [0.1, 0.15) is 23.7 Å². The van der Waals surface area contributed by atoms with Gasteiger partial charge >= 0.3 is 5.97 Å². The van der Waals surface area contributed by atoms with Crippen molar-refractivity contribution in [3.63, 3.8) is 0 Å². The van der Waals surface area contributed by atoms with E-state index in [2.05, 4.69) is 0 Å². The number of hydrogen-bond acceptors (Lipinski definition) is 4. The molecule has 0 aromatic heterocycles. The second-order valence-corrected chi connectivity index (χ2v) is 5.71. The largest absolute Gasteiger partial charge is 0.491 e. The molecule has 0 bridgehead atoms. The lowest BCUT2D eigenvalue weighted by atomic mass is 9.90. The first-order chi connectivity index (χ1) is 10.5. The molecule has 1 aromatic rings. The fraction of sp³-hybridized carbons (Fsp3) is 0.500. The summed E-state index contributed by atoms with van der Waals surface area (Å²) in [5.41, 5.74) is -0.312. The number of carbonyl (C=O) groups excluding carboxylic acids is 1. The van der Waals surface area contributed by atoms with Crippen molar-refractivity contribution in [1.82, 2.24) is 4.90 Å². The van der Waals surface area contributed by atoms with Gasteiger partial charge in [0.1, 0.15) is 12.4 Å². The minimum Gasteiger partial charge on any atom is -0.491 e. The number of likely N-dealkylation sites (tertiary alicyclic amines) is 1. The maximum Gasteiger partial charge on any atom is 0.311 e. The van der Waals surface area contributed by atoms with Gasteiger partial charge in [0.25, 0.3) is 5.91 Å². The SMILES string of the molecule is COCCOc1ccc(C(=O)N2CCC(C)(C(=O)O)C2)cc1. The summed E-state index contributed by atoms with van der Waals surface area (Å²) in [5, 5.41) is 9.22. The van der Waals surface area contributed by atoms with Crippen LogP contribution in [0, 0.1) is 5.41 Å². The Bertz CT molecular complexity index is 542.